The minimum Gasteiger partial charge on any atom is -0.487 e. The van der Waals surface area contributed by atoms with Gasteiger partial charge in [-0.1, -0.05) is 18.2 Å². The van der Waals surface area contributed by atoms with Gasteiger partial charge in [0.25, 0.3) is 5.91 Å². The fourth-order valence-corrected chi connectivity index (χ4v) is 4.39. The third-order valence-corrected chi connectivity index (χ3v) is 6.23. The van der Waals surface area contributed by atoms with Gasteiger partial charge in [0.05, 0.1) is 11.4 Å². The van der Waals surface area contributed by atoms with E-state index in [1.807, 2.05) is 18.2 Å². The summed E-state index contributed by atoms with van der Waals surface area (Å²) in [6.07, 6.45) is -0.481. The van der Waals surface area contributed by atoms with Crippen molar-refractivity contribution >= 4 is 23.0 Å². The van der Waals surface area contributed by atoms with Gasteiger partial charge in [0.15, 0.2) is 11.9 Å². The number of para-hydroxylation sites is 1. The Hall–Kier alpha value is -3.19. The van der Waals surface area contributed by atoms with Crippen LogP contribution < -0.4 is 14.8 Å². The lowest BCUT2D eigenvalue weighted by Crippen LogP contribution is -2.41. The minimum atomic E-state index is -0.657. The molecule has 3 aromatic rings. The predicted molar refractivity (Wildman–Crippen MR) is 117 cm³/mol. The smallest absolute Gasteiger partial charge is 0.260 e. The first-order valence-corrected chi connectivity index (χ1v) is 10.8. The molecule has 0 unspecified atom stereocenters. The van der Waals surface area contributed by atoms with Gasteiger partial charge in [-0.2, -0.15) is 0 Å². The molecule has 5 nitrogen and oxygen atoms in total. The van der Waals surface area contributed by atoms with Crippen LogP contribution in [0.5, 0.6) is 11.5 Å². The zero-order chi connectivity index (χ0) is 22.0. The number of ketones is 1. The van der Waals surface area contributed by atoms with E-state index in [0.717, 1.165) is 10.4 Å². The third kappa shape index (κ3) is 4.77. The first kappa shape index (κ1) is 21.1. The molecule has 31 heavy (non-hydrogen) atoms. The number of carbonyl (C=O) groups is 2. The Balaban J connectivity index is 1.41. The highest BCUT2D eigenvalue weighted by atomic mass is 32.1. The van der Waals surface area contributed by atoms with Gasteiger partial charge < -0.3 is 14.8 Å². The monoisotopic (exact) mass is 439 g/mol. The Labute approximate surface area is 183 Å². The number of halogens is 1. The summed E-state index contributed by atoms with van der Waals surface area (Å²) < 4.78 is 25.9. The molecule has 0 fully saturated rings. The van der Waals surface area contributed by atoms with Crippen molar-refractivity contribution in [3.63, 3.8) is 0 Å². The molecule has 1 aliphatic rings. The Kier molecular flexibility index (Phi) is 6.04. The maximum absolute atomic E-state index is 14.2. The van der Waals surface area contributed by atoms with Crippen LogP contribution in [0.2, 0.25) is 0 Å². The summed E-state index contributed by atoms with van der Waals surface area (Å²) in [7, 11) is 0. The van der Waals surface area contributed by atoms with Crippen molar-refractivity contribution in [1.82, 2.24) is 5.32 Å². The highest BCUT2D eigenvalue weighted by Crippen LogP contribution is 2.42. The maximum atomic E-state index is 14.2. The first-order valence-electron chi connectivity index (χ1n) is 10.0. The summed E-state index contributed by atoms with van der Waals surface area (Å²) in [5, 5.41) is 2.85. The molecule has 1 N–H and O–H groups in total. The van der Waals surface area contributed by atoms with Crippen LogP contribution in [-0.4, -0.2) is 30.4 Å². The number of thiophene rings is 1. The number of Topliss-reactive ketones (excluding diaryl/α,β-unsaturated/α-hetero) is 1. The van der Waals surface area contributed by atoms with Gasteiger partial charge in [-0.25, -0.2) is 4.39 Å². The van der Waals surface area contributed by atoms with Gasteiger partial charge in [-0.05, 0) is 50.2 Å². The summed E-state index contributed by atoms with van der Waals surface area (Å²) >= 11 is 1.31. The van der Waals surface area contributed by atoms with Gasteiger partial charge in [0, 0.05) is 22.4 Å². The fraction of sp³-hybridized carbons (Fsp3) is 0.250. The SMILES string of the molecule is CC(=O)c1ccc(-c2cc(F)cc3c2O[C@H](CNC(=O)[C@H](C)Oc2ccccc2)C3)s1. The van der Waals surface area contributed by atoms with Crippen molar-refractivity contribution in [3.8, 4) is 21.9 Å². The van der Waals surface area contributed by atoms with Crippen LogP contribution in [0.3, 0.4) is 0 Å². The van der Waals surface area contributed by atoms with Crippen LogP contribution >= 0.6 is 11.3 Å². The van der Waals surface area contributed by atoms with Crippen molar-refractivity contribution in [3.05, 3.63) is 70.9 Å². The molecule has 4 rings (SSSR count). The molecule has 1 amide bonds. The zero-order valence-corrected chi connectivity index (χ0v) is 18.0. The van der Waals surface area contributed by atoms with Crippen molar-refractivity contribution in [1.29, 1.82) is 0 Å². The van der Waals surface area contributed by atoms with Crippen molar-refractivity contribution < 1.29 is 23.5 Å². The van der Waals surface area contributed by atoms with Crippen LogP contribution in [0.1, 0.15) is 29.1 Å². The number of rotatable bonds is 7. The van der Waals surface area contributed by atoms with Gasteiger partial charge in [0.2, 0.25) is 0 Å². The van der Waals surface area contributed by atoms with E-state index in [-0.39, 0.29) is 30.2 Å². The predicted octanol–water partition coefficient (Wildman–Crippen LogP) is 4.64. The number of amides is 1. The number of carbonyl (C=O) groups excluding carboxylic acids is 2. The average Bonchev–Trinajstić information content (AvgIpc) is 3.39. The molecule has 0 saturated carbocycles. The second kappa shape index (κ2) is 8.89. The van der Waals surface area contributed by atoms with E-state index in [2.05, 4.69) is 5.32 Å². The van der Waals surface area contributed by atoms with Crippen LogP contribution in [0.25, 0.3) is 10.4 Å². The number of fused-ring (bicyclic) bond motifs is 1. The molecule has 1 aliphatic heterocycles. The molecule has 0 aliphatic carbocycles. The van der Waals surface area contributed by atoms with Crippen LogP contribution in [0.15, 0.2) is 54.6 Å². The number of hydrogen-bond donors (Lipinski definition) is 1. The summed E-state index contributed by atoms with van der Waals surface area (Å²) in [5.74, 6) is 0.586. The molecule has 0 radical (unpaired) electrons. The summed E-state index contributed by atoms with van der Waals surface area (Å²) in [4.78, 5) is 25.4. The molecule has 2 aromatic carbocycles. The highest BCUT2D eigenvalue weighted by Gasteiger charge is 2.28. The lowest BCUT2D eigenvalue weighted by atomic mass is 10.0. The molecule has 160 valence electrons. The normalized spacial score (nSPS) is 15.6. The maximum Gasteiger partial charge on any atom is 0.260 e. The van der Waals surface area contributed by atoms with Crippen molar-refractivity contribution in [2.75, 3.05) is 6.54 Å². The summed E-state index contributed by atoms with van der Waals surface area (Å²) in [5.41, 5.74) is 1.38. The second-order valence-corrected chi connectivity index (χ2v) is 8.51. The summed E-state index contributed by atoms with van der Waals surface area (Å²) in [6.45, 7) is 3.47. The van der Waals surface area contributed by atoms with E-state index < -0.39 is 6.10 Å². The Morgan fingerprint density at radius 3 is 2.71 bits per heavy atom. The van der Waals surface area contributed by atoms with Gasteiger partial charge >= 0.3 is 0 Å². The molecule has 2 heterocycles. The molecule has 2 atom stereocenters. The van der Waals surface area contributed by atoms with Crippen molar-refractivity contribution in [2.24, 2.45) is 0 Å². The van der Waals surface area contributed by atoms with Crippen LogP contribution in [0.4, 0.5) is 4.39 Å². The van der Waals surface area contributed by atoms with E-state index in [1.165, 1.54) is 30.4 Å². The van der Waals surface area contributed by atoms with Crippen LogP contribution in [-0.2, 0) is 11.2 Å². The van der Waals surface area contributed by atoms with Gasteiger partial charge in [-0.15, -0.1) is 11.3 Å². The molecular weight excluding hydrogens is 417 g/mol. The Morgan fingerprint density at radius 2 is 2.00 bits per heavy atom. The molecule has 0 bridgehead atoms. The minimum absolute atomic E-state index is 0.0300. The Morgan fingerprint density at radius 1 is 1.23 bits per heavy atom. The van der Waals surface area contributed by atoms with E-state index in [9.17, 15) is 14.0 Å². The lowest BCUT2D eigenvalue weighted by Gasteiger charge is -2.17. The number of hydrogen-bond acceptors (Lipinski definition) is 5. The van der Waals surface area contributed by atoms with Gasteiger partial charge in [0.1, 0.15) is 23.4 Å². The van der Waals surface area contributed by atoms with Crippen LogP contribution in [0, 0.1) is 5.82 Å². The molecule has 0 saturated heterocycles. The number of benzene rings is 2. The second-order valence-electron chi connectivity index (χ2n) is 7.42. The molecule has 1 aromatic heterocycles. The summed E-state index contributed by atoms with van der Waals surface area (Å²) in [6, 6.07) is 15.6. The topological polar surface area (TPSA) is 64.6 Å². The number of nitrogens with one attached hydrogen (secondary N) is 1. The van der Waals surface area contributed by atoms with Crippen molar-refractivity contribution in [2.45, 2.75) is 32.5 Å². The first-order chi connectivity index (χ1) is 14.9. The van der Waals surface area contributed by atoms with Gasteiger partial charge in [-0.3, -0.25) is 9.59 Å². The van der Waals surface area contributed by atoms with E-state index in [0.29, 0.717) is 28.4 Å². The average molecular weight is 440 g/mol. The lowest BCUT2D eigenvalue weighted by molar-refractivity contribution is -0.127. The highest BCUT2D eigenvalue weighted by molar-refractivity contribution is 7.17. The zero-order valence-electron chi connectivity index (χ0n) is 17.2. The quantitative estimate of drug-likeness (QED) is 0.545. The van der Waals surface area contributed by atoms with E-state index >= 15 is 0 Å². The fourth-order valence-electron chi connectivity index (χ4n) is 3.48. The number of ether oxygens (including phenoxy) is 2. The standard InChI is InChI=1S/C24H22FNO4S/c1-14(27)21-8-9-22(31-21)20-12-17(25)10-16-11-19(30-23(16)20)13-26-24(28)15(2)29-18-6-4-3-5-7-18/h3-10,12,15,19H,11,13H2,1-2H3,(H,26,28)/t15-,19-/m0/s1. The molecular formula is C24H22FNO4S. The molecule has 7 heteroatoms. The molecule has 0 spiro atoms. The Bertz CT molecular complexity index is 1110. The van der Waals surface area contributed by atoms with E-state index in [1.54, 1.807) is 31.2 Å². The third-order valence-electron chi connectivity index (χ3n) is 5.01. The largest absolute Gasteiger partial charge is 0.487 e. The van der Waals surface area contributed by atoms with E-state index in [4.69, 9.17) is 9.47 Å².